The number of anilines is 1. The second-order valence-electron chi connectivity index (χ2n) is 4.16. The van der Waals surface area contributed by atoms with Gasteiger partial charge in [0.05, 0.1) is 10.7 Å². The molecule has 0 amide bonds. The fourth-order valence-corrected chi connectivity index (χ4v) is 2.24. The molecule has 1 rings (SSSR count). The number of benzene rings is 1. The van der Waals surface area contributed by atoms with Gasteiger partial charge in [0.1, 0.15) is 0 Å². The second-order valence-corrected chi connectivity index (χ2v) is 4.56. The van der Waals surface area contributed by atoms with Gasteiger partial charge in [-0.3, -0.25) is 0 Å². The third-order valence-electron chi connectivity index (χ3n) is 2.82. The summed E-state index contributed by atoms with van der Waals surface area (Å²) < 4.78 is 0. The van der Waals surface area contributed by atoms with Crippen molar-refractivity contribution >= 4 is 17.3 Å². The van der Waals surface area contributed by atoms with E-state index in [1.54, 1.807) is 0 Å². The Balaban J connectivity index is 2.64. The molecule has 1 aromatic rings. The van der Waals surface area contributed by atoms with Gasteiger partial charge < -0.3 is 15.7 Å². The van der Waals surface area contributed by atoms with Gasteiger partial charge in [0.15, 0.2) is 0 Å². The number of nitrogens with two attached hydrogens (primary N) is 1. The quantitative estimate of drug-likeness (QED) is 0.737. The average Bonchev–Trinajstić information content (AvgIpc) is 2.34. The highest BCUT2D eigenvalue weighted by atomic mass is 35.5. The van der Waals surface area contributed by atoms with Crippen LogP contribution in [0.1, 0.15) is 24.8 Å². The molecule has 3 N–H and O–H groups in total. The zero-order chi connectivity index (χ0) is 12.7. The average molecular weight is 257 g/mol. The highest BCUT2D eigenvalue weighted by Crippen LogP contribution is 2.29. The summed E-state index contributed by atoms with van der Waals surface area (Å²) in [6.45, 7) is 1.69. The fourth-order valence-electron chi connectivity index (χ4n) is 1.90. The number of hydrogen-bond acceptors (Lipinski definition) is 3. The van der Waals surface area contributed by atoms with Crippen LogP contribution in [0, 0.1) is 0 Å². The number of hydrogen-bond donors (Lipinski definition) is 2. The number of aliphatic hydroxyl groups is 1. The number of nitrogens with zero attached hydrogens (tertiary/aromatic N) is 1. The van der Waals surface area contributed by atoms with Crippen LogP contribution in [-0.4, -0.2) is 25.3 Å². The maximum atomic E-state index is 8.72. The highest BCUT2D eigenvalue weighted by Gasteiger charge is 2.10. The maximum absolute atomic E-state index is 8.72. The molecule has 0 unspecified atom stereocenters. The molecule has 17 heavy (non-hydrogen) atoms. The summed E-state index contributed by atoms with van der Waals surface area (Å²) in [5.74, 6) is 0. The molecule has 0 aliphatic rings. The molecule has 0 aromatic heterocycles. The summed E-state index contributed by atoms with van der Waals surface area (Å²) in [6.07, 6.45) is 2.94. The van der Waals surface area contributed by atoms with Crippen LogP contribution in [0.3, 0.4) is 0 Å². The van der Waals surface area contributed by atoms with E-state index in [1.807, 2.05) is 25.2 Å². The van der Waals surface area contributed by atoms with Gasteiger partial charge in [0.25, 0.3) is 0 Å². The third-order valence-corrected chi connectivity index (χ3v) is 3.13. The first-order valence-corrected chi connectivity index (χ1v) is 6.38. The van der Waals surface area contributed by atoms with Gasteiger partial charge in [0.2, 0.25) is 0 Å². The lowest BCUT2D eigenvalue weighted by molar-refractivity contribution is 0.283. The number of para-hydroxylation sites is 1. The Hall–Kier alpha value is -0.770. The first-order chi connectivity index (χ1) is 8.20. The van der Waals surface area contributed by atoms with Crippen LogP contribution in [0.2, 0.25) is 5.02 Å². The molecule has 0 atom stereocenters. The SMILES string of the molecule is CN(CCCCCO)c1c(Cl)cccc1CN. The van der Waals surface area contributed by atoms with Crippen LogP contribution in [-0.2, 0) is 6.54 Å². The molecule has 0 saturated heterocycles. The Morgan fingerprint density at radius 3 is 2.71 bits per heavy atom. The van der Waals surface area contributed by atoms with Crippen molar-refractivity contribution in [3.63, 3.8) is 0 Å². The Morgan fingerprint density at radius 2 is 2.06 bits per heavy atom. The van der Waals surface area contributed by atoms with Crippen molar-refractivity contribution in [2.24, 2.45) is 5.73 Å². The maximum Gasteiger partial charge on any atom is 0.0642 e. The number of halogens is 1. The van der Waals surface area contributed by atoms with Crippen LogP contribution in [0.15, 0.2) is 18.2 Å². The van der Waals surface area contributed by atoms with E-state index in [9.17, 15) is 0 Å². The van der Waals surface area contributed by atoms with Gasteiger partial charge in [0, 0.05) is 26.7 Å². The number of rotatable bonds is 7. The Labute approximate surface area is 108 Å². The summed E-state index contributed by atoms with van der Waals surface area (Å²) in [6, 6.07) is 5.82. The minimum atomic E-state index is 0.268. The summed E-state index contributed by atoms with van der Waals surface area (Å²) in [7, 11) is 2.03. The molecule has 0 radical (unpaired) electrons. The van der Waals surface area contributed by atoms with Crippen LogP contribution in [0.25, 0.3) is 0 Å². The van der Waals surface area contributed by atoms with E-state index in [0.717, 1.165) is 42.1 Å². The Bertz CT molecular complexity index is 344. The van der Waals surface area contributed by atoms with Gasteiger partial charge in [-0.1, -0.05) is 23.7 Å². The third kappa shape index (κ3) is 4.19. The van der Waals surface area contributed by atoms with E-state index in [0.29, 0.717) is 6.54 Å². The number of unbranched alkanes of at least 4 members (excludes halogenated alkanes) is 2. The Morgan fingerprint density at radius 1 is 1.29 bits per heavy atom. The molecule has 0 spiro atoms. The van der Waals surface area contributed by atoms with E-state index < -0.39 is 0 Å². The lowest BCUT2D eigenvalue weighted by Crippen LogP contribution is -2.21. The summed E-state index contributed by atoms with van der Waals surface area (Å²) in [5, 5.41) is 9.47. The molecule has 0 bridgehead atoms. The van der Waals surface area contributed by atoms with Crippen molar-refractivity contribution in [3.8, 4) is 0 Å². The minimum absolute atomic E-state index is 0.268. The first kappa shape index (κ1) is 14.3. The molecule has 0 saturated carbocycles. The van der Waals surface area contributed by atoms with Gasteiger partial charge in [-0.25, -0.2) is 0 Å². The Kier molecular flexibility index (Phi) is 6.34. The van der Waals surface area contributed by atoms with Crippen molar-refractivity contribution in [1.29, 1.82) is 0 Å². The second kappa shape index (κ2) is 7.54. The fraction of sp³-hybridized carbons (Fsp3) is 0.538. The highest BCUT2D eigenvalue weighted by molar-refractivity contribution is 6.33. The molecule has 4 heteroatoms. The van der Waals surface area contributed by atoms with E-state index in [4.69, 9.17) is 22.4 Å². The van der Waals surface area contributed by atoms with E-state index in [-0.39, 0.29) is 6.61 Å². The normalized spacial score (nSPS) is 10.6. The molecule has 0 heterocycles. The smallest absolute Gasteiger partial charge is 0.0642 e. The van der Waals surface area contributed by atoms with E-state index in [1.165, 1.54) is 0 Å². The lowest BCUT2D eigenvalue weighted by Gasteiger charge is -2.23. The lowest BCUT2D eigenvalue weighted by atomic mass is 10.1. The van der Waals surface area contributed by atoms with Crippen LogP contribution >= 0.6 is 11.6 Å². The molecular formula is C13H21ClN2O. The molecule has 0 aliphatic carbocycles. The molecular weight excluding hydrogens is 236 g/mol. The monoisotopic (exact) mass is 256 g/mol. The topological polar surface area (TPSA) is 49.5 Å². The predicted molar refractivity (Wildman–Crippen MR) is 73.6 cm³/mol. The summed E-state index contributed by atoms with van der Waals surface area (Å²) in [5.41, 5.74) is 7.82. The summed E-state index contributed by atoms with van der Waals surface area (Å²) in [4.78, 5) is 2.14. The standard InChI is InChI=1S/C13H21ClN2O/c1-16(8-3-2-4-9-17)13-11(10-15)6-5-7-12(13)14/h5-7,17H,2-4,8-10,15H2,1H3. The molecule has 3 nitrogen and oxygen atoms in total. The zero-order valence-electron chi connectivity index (χ0n) is 10.3. The van der Waals surface area contributed by atoms with Crippen molar-refractivity contribution in [2.75, 3.05) is 25.1 Å². The first-order valence-electron chi connectivity index (χ1n) is 6.00. The van der Waals surface area contributed by atoms with Gasteiger partial charge in [-0.2, -0.15) is 0 Å². The molecule has 96 valence electrons. The van der Waals surface area contributed by atoms with Crippen molar-refractivity contribution in [3.05, 3.63) is 28.8 Å². The predicted octanol–water partition coefficient (Wildman–Crippen LogP) is 2.40. The van der Waals surface area contributed by atoms with Crippen molar-refractivity contribution < 1.29 is 5.11 Å². The van der Waals surface area contributed by atoms with Crippen molar-refractivity contribution in [1.82, 2.24) is 0 Å². The summed E-state index contributed by atoms with van der Waals surface area (Å²) >= 11 is 6.21. The van der Waals surface area contributed by atoms with Crippen molar-refractivity contribution in [2.45, 2.75) is 25.8 Å². The van der Waals surface area contributed by atoms with Crippen LogP contribution in [0.4, 0.5) is 5.69 Å². The van der Waals surface area contributed by atoms with Gasteiger partial charge >= 0.3 is 0 Å². The van der Waals surface area contributed by atoms with Gasteiger partial charge in [-0.15, -0.1) is 0 Å². The minimum Gasteiger partial charge on any atom is -0.396 e. The van der Waals surface area contributed by atoms with Crippen LogP contribution < -0.4 is 10.6 Å². The van der Waals surface area contributed by atoms with Crippen LogP contribution in [0.5, 0.6) is 0 Å². The van der Waals surface area contributed by atoms with E-state index in [2.05, 4.69) is 4.90 Å². The molecule has 0 fully saturated rings. The largest absolute Gasteiger partial charge is 0.396 e. The zero-order valence-corrected chi connectivity index (χ0v) is 11.1. The molecule has 0 aliphatic heterocycles. The number of aliphatic hydroxyl groups excluding tert-OH is 1. The van der Waals surface area contributed by atoms with Gasteiger partial charge in [-0.05, 0) is 30.9 Å². The van der Waals surface area contributed by atoms with E-state index >= 15 is 0 Å². The molecule has 1 aromatic carbocycles.